The monoisotopic (exact) mass is 222 g/mol. The average Bonchev–Trinajstić information content (AvgIpc) is 2.27. The van der Waals surface area contributed by atoms with E-state index in [0.29, 0.717) is 5.56 Å². The van der Waals surface area contributed by atoms with Crippen LogP contribution in [-0.4, -0.2) is 40.0 Å². The molecule has 0 fully saturated rings. The van der Waals surface area contributed by atoms with Crippen LogP contribution in [-0.2, 0) is 0 Å². The Balaban J connectivity index is 2.90. The maximum absolute atomic E-state index is 11.8. The molecule has 0 aliphatic rings. The first kappa shape index (κ1) is 12.2. The first-order chi connectivity index (χ1) is 7.43. The number of aromatic carboxylic acids is 1. The van der Waals surface area contributed by atoms with E-state index in [1.54, 1.807) is 11.9 Å². The van der Waals surface area contributed by atoms with Crippen molar-refractivity contribution in [2.45, 2.75) is 19.9 Å². The van der Waals surface area contributed by atoms with Gasteiger partial charge in [0.05, 0.1) is 5.56 Å². The van der Waals surface area contributed by atoms with Crippen molar-refractivity contribution in [1.29, 1.82) is 0 Å². The molecular formula is C11H14N2O3. The van der Waals surface area contributed by atoms with Gasteiger partial charge in [-0.05, 0) is 26.0 Å². The van der Waals surface area contributed by atoms with Crippen LogP contribution in [0.3, 0.4) is 0 Å². The lowest BCUT2D eigenvalue weighted by atomic mass is 10.2. The summed E-state index contributed by atoms with van der Waals surface area (Å²) in [5.74, 6) is -1.27. The normalized spacial score (nSPS) is 10.2. The van der Waals surface area contributed by atoms with Gasteiger partial charge in [0.15, 0.2) is 0 Å². The molecule has 0 bridgehead atoms. The third-order valence-corrected chi connectivity index (χ3v) is 2.32. The van der Waals surface area contributed by atoms with Gasteiger partial charge in [0.1, 0.15) is 5.69 Å². The van der Waals surface area contributed by atoms with Gasteiger partial charge in [-0.1, -0.05) is 0 Å². The van der Waals surface area contributed by atoms with E-state index in [1.165, 1.54) is 18.3 Å². The van der Waals surface area contributed by atoms with Crippen LogP contribution in [0, 0.1) is 0 Å². The van der Waals surface area contributed by atoms with Gasteiger partial charge in [-0.2, -0.15) is 0 Å². The van der Waals surface area contributed by atoms with E-state index in [1.807, 2.05) is 13.8 Å². The minimum atomic E-state index is -1.10. The van der Waals surface area contributed by atoms with Gasteiger partial charge in [-0.25, -0.2) is 9.78 Å². The first-order valence-electron chi connectivity index (χ1n) is 4.90. The fraction of sp³-hybridized carbons (Fsp3) is 0.364. The van der Waals surface area contributed by atoms with Crippen molar-refractivity contribution in [3.63, 3.8) is 0 Å². The molecule has 1 rings (SSSR count). The predicted octanol–water partition coefficient (Wildman–Crippen LogP) is 1.26. The second kappa shape index (κ2) is 4.74. The molecule has 1 aromatic heterocycles. The Kier molecular flexibility index (Phi) is 3.60. The molecule has 0 spiro atoms. The van der Waals surface area contributed by atoms with Crippen LogP contribution in [0.4, 0.5) is 0 Å². The Labute approximate surface area is 93.7 Å². The average molecular weight is 222 g/mol. The number of carbonyl (C=O) groups is 2. The van der Waals surface area contributed by atoms with Gasteiger partial charge in [-0.15, -0.1) is 0 Å². The van der Waals surface area contributed by atoms with Crippen molar-refractivity contribution in [3.8, 4) is 0 Å². The van der Waals surface area contributed by atoms with E-state index in [4.69, 9.17) is 5.11 Å². The van der Waals surface area contributed by atoms with Gasteiger partial charge in [-0.3, -0.25) is 4.79 Å². The van der Waals surface area contributed by atoms with Crippen LogP contribution in [0.1, 0.15) is 34.7 Å². The Morgan fingerprint density at radius 2 is 2.00 bits per heavy atom. The lowest BCUT2D eigenvalue weighted by molar-refractivity contribution is 0.0687. The Hall–Kier alpha value is -1.91. The lowest BCUT2D eigenvalue weighted by Gasteiger charge is -2.21. The summed E-state index contributed by atoms with van der Waals surface area (Å²) in [7, 11) is 1.69. The van der Waals surface area contributed by atoms with Gasteiger partial charge in [0.2, 0.25) is 0 Å². The van der Waals surface area contributed by atoms with Crippen LogP contribution in [0.25, 0.3) is 0 Å². The number of hydrogen-bond acceptors (Lipinski definition) is 3. The van der Waals surface area contributed by atoms with Crippen LogP contribution in [0.5, 0.6) is 0 Å². The van der Waals surface area contributed by atoms with Gasteiger partial charge >= 0.3 is 5.97 Å². The highest BCUT2D eigenvalue weighted by Gasteiger charge is 2.15. The summed E-state index contributed by atoms with van der Waals surface area (Å²) in [5.41, 5.74) is 0.324. The standard InChI is InChI=1S/C11H14N2O3/c1-7(2)13(3)10(14)8-4-5-9(11(15)16)12-6-8/h4-7H,1-3H3,(H,15,16). The van der Waals surface area contributed by atoms with Gasteiger partial charge < -0.3 is 10.0 Å². The second-order valence-corrected chi connectivity index (χ2v) is 3.75. The summed E-state index contributed by atoms with van der Waals surface area (Å²) in [6.07, 6.45) is 1.28. The second-order valence-electron chi connectivity index (χ2n) is 3.75. The third kappa shape index (κ3) is 2.56. The molecule has 0 unspecified atom stereocenters. The molecule has 0 saturated heterocycles. The van der Waals surface area contributed by atoms with Crippen LogP contribution < -0.4 is 0 Å². The molecule has 86 valence electrons. The van der Waals surface area contributed by atoms with Crippen molar-refractivity contribution in [1.82, 2.24) is 9.88 Å². The molecule has 0 atom stereocenters. The number of carboxylic acid groups (broad SMARTS) is 1. The number of aromatic nitrogens is 1. The molecule has 5 heteroatoms. The summed E-state index contributed by atoms with van der Waals surface area (Å²) in [6, 6.07) is 2.88. The molecule has 0 aromatic carbocycles. The first-order valence-corrected chi connectivity index (χ1v) is 4.90. The predicted molar refractivity (Wildman–Crippen MR) is 58.4 cm³/mol. The van der Waals surface area contributed by atoms with Gasteiger partial charge in [0, 0.05) is 19.3 Å². The molecule has 0 aliphatic carbocycles. The Morgan fingerprint density at radius 3 is 2.38 bits per heavy atom. The van der Waals surface area contributed by atoms with E-state index in [-0.39, 0.29) is 17.6 Å². The highest BCUT2D eigenvalue weighted by Crippen LogP contribution is 2.06. The largest absolute Gasteiger partial charge is 0.477 e. The SMILES string of the molecule is CC(C)N(C)C(=O)c1ccc(C(=O)O)nc1. The molecule has 0 aliphatic heterocycles. The number of pyridine rings is 1. The van der Waals surface area contributed by atoms with E-state index in [9.17, 15) is 9.59 Å². The van der Waals surface area contributed by atoms with Crippen molar-refractivity contribution >= 4 is 11.9 Å². The fourth-order valence-corrected chi connectivity index (χ4v) is 1.09. The van der Waals surface area contributed by atoms with Crippen LogP contribution >= 0.6 is 0 Å². The molecule has 1 N–H and O–H groups in total. The molecular weight excluding hydrogens is 208 g/mol. The summed E-state index contributed by atoms with van der Waals surface area (Å²) in [5, 5.41) is 8.65. The van der Waals surface area contributed by atoms with Gasteiger partial charge in [0.25, 0.3) is 5.91 Å². The number of carboxylic acids is 1. The highest BCUT2D eigenvalue weighted by molar-refractivity contribution is 5.94. The summed E-state index contributed by atoms with van der Waals surface area (Å²) in [6.45, 7) is 3.80. The third-order valence-electron chi connectivity index (χ3n) is 2.32. The van der Waals surface area contributed by atoms with Crippen molar-refractivity contribution in [2.75, 3.05) is 7.05 Å². The quantitative estimate of drug-likeness (QED) is 0.835. The van der Waals surface area contributed by atoms with Crippen molar-refractivity contribution in [2.24, 2.45) is 0 Å². The van der Waals surface area contributed by atoms with E-state index < -0.39 is 5.97 Å². The van der Waals surface area contributed by atoms with Crippen molar-refractivity contribution in [3.05, 3.63) is 29.6 Å². The zero-order valence-electron chi connectivity index (χ0n) is 9.47. The molecule has 1 aromatic rings. The molecule has 5 nitrogen and oxygen atoms in total. The van der Waals surface area contributed by atoms with Crippen LogP contribution in [0.2, 0.25) is 0 Å². The van der Waals surface area contributed by atoms with E-state index in [0.717, 1.165) is 0 Å². The summed E-state index contributed by atoms with van der Waals surface area (Å²) >= 11 is 0. The van der Waals surface area contributed by atoms with E-state index in [2.05, 4.69) is 4.98 Å². The van der Waals surface area contributed by atoms with E-state index >= 15 is 0 Å². The number of rotatable bonds is 3. The molecule has 0 radical (unpaired) electrons. The van der Waals surface area contributed by atoms with Crippen LogP contribution in [0.15, 0.2) is 18.3 Å². The minimum Gasteiger partial charge on any atom is -0.477 e. The number of amides is 1. The number of nitrogens with zero attached hydrogens (tertiary/aromatic N) is 2. The highest BCUT2D eigenvalue weighted by atomic mass is 16.4. The molecule has 16 heavy (non-hydrogen) atoms. The Morgan fingerprint density at radius 1 is 1.38 bits per heavy atom. The summed E-state index contributed by atoms with van der Waals surface area (Å²) < 4.78 is 0. The smallest absolute Gasteiger partial charge is 0.354 e. The molecule has 0 saturated carbocycles. The minimum absolute atomic E-state index is 0.0660. The summed E-state index contributed by atoms with van der Waals surface area (Å²) in [4.78, 5) is 27.6. The molecule has 1 heterocycles. The Bertz CT molecular complexity index is 398. The zero-order chi connectivity index (χ0) is 12.3. The maximum atomic E-state index is 11.8. The zero-order valence-corrected chi connectivity index (χ0v) is 9.47. The fourth-order valence-electron chi connectivity index (χ4n) is 1.09. The topological polar surface area (TPSA) is 70.5 Å². The lowest BCUT2D eigenvalue weighted by Crippen LogP contribution is -2.33. The van der Waals surface area contributed by atoms with Crippen molar-refractivity contribution < 1.29 is 14.7 Å². The number of carbonyl (C=O) groups excluding carboxylic acids is 1. The molecule has 1 amide bonds. The maximum Gasteiger partial charge on any atom is 0.354 e. The number of hydrogen-bond donors (Lipinski definition) is 1.